The number of nitrogens with one attached hydrogen (secondary N) is 1. The number of tetrazole rings is 1. The van der Waals surface area contributed by atoms with Gasteiger partial charge in [-0.15, -0.1) is 5.10 Å². The van der Waals surface area contributed by atoms with Gasteiger partial charge in [0.25, 0.3) is 0 Å². The summed E-state index contributed by atoms with van der Waals surface area (Å²) in [6.07, 6.45) is 8.46. The highest BCUT2D eigenvalue weighted by Gasteiger charge is 2.25. The number of fused-ring (bicyclic) bond motifs is 1. The quantitative estimate of drug-likeness (QED) is 0.412. The number of aromatic nitrogens is 7. The molecule has 176 valence electrons. The van der Waals surface area contributed by atoms with E-state index in [1.165, 1.54) is 5.56 Å². The first kappa shape index (κ1) is 22.4. The van der Waals surface area contributed by atoms with Crippen LogP contribution in [0.2, 0.25) is 0 Å². The summed E-state index contributed by atoms with van der Waals surface area (Å²) >= 11 is 0. The molecule has 4 heterocycles. The summed E-state index contributed by atoms with van der Waals surface area (Å²) in [5, 5.41) is 16.3. The molecule has 34 heavy (non-hydrogen) atoms. The van der Waals surface area contributed by atoms with Crippen molar-refractivity contribution in [2.75, 3.05) is 13.2 Å². The van der Waals surface area contributed by atoms with E-state index in [0.29, 0.717) is 13.1 Å². The molecule has 1 aliphatic rings. The molecule has 0 aliphatic carbocycles. The zero-order chi connectivity index (χ0) is 23.5. The van der Waals surface area contributed by atoms with Crippen molar-refractivity contribution in [3.05, 3.63) is 71.6 Å². The summed E-state index contributed by atoms with van der Waals surface area (Å²) in [6, 6.07) is 8.22. The lowest BCUT2D eigenvalue weighted by molar-refractivity contribution is 0.0923. The van der Waals surface area contributed by atoms with Gasteiger partial charge in [0.2, 0.25) is 0 Å². The number of aryl methyl sites for hydroxylation is 2. The van der Waals surface area contributed by atoms with E-state index in [4.69, 9.17) is 9.72 Å². The van der Waals surface area contributed by atoms with Crippen molar-refractivity contribution < 1.29 is 4.74 Å². The van der Waals surface area contributed by atoms with Gasteiger partial charge in [-0.2, -0.15) is 0 Å². The van der Waals surface area contributed by atoms with E-state index in [1.54, 1.807) is 12.3 Å². The molecular weight excluding hydrogens is 428 g/mol. The predicted molar refractivity (Wildman–Crippen MR) is 130 cm³/mol. The minimum atomic E-state index is -0.222. The molecule has 4 aromatic rings. The topological polar surface area (TPSA) is 95.6 Å². The third kappa shape index (κ3) is 4.62. The third-order valence-electron chi connectivity index (χ3n) is 6.39. The molecule has 2 atom stereocenters. The lowest BCUT2D eigenvalue weighted by Gasteiger charge is -2.20. The molecule has 3 aromatic heterocycles. The van der Waals surface area contributed by atoms with Crippen LogP contribution >= 0.6 is 0 Å². The van der Waals surface area contributed by atoms with Gasteiger partial charge >= 0.3 is 0 Å². The van der Waals surface area contributed by atoms with Crippen LogP contribution in [0.25, 0.3) is 17.1 Å². The van der Waals surface area contributed by atoms with Crippen LogP contribution in [0.4, 0.5) is 0 Å². The standard InChI is InChI=1S/C25H30N8O/c1-4-18-13-19(15-26-14-18)24(25-29-30-31-33(25)16-20-6-5-11-34-20)27-10-9-23-28-21-12-17(2)7-8-22(21)32(23)3/h4,7-8,12-15,20,24,27H,1,5-6,9-11,16H2,2-3H3. The van der Waals surface area contributed by atoms with Gasteiger partial charge in [-0.1, -0.05) is 18.7 Å². The number of benzene rings is 1. The molecule has 2 unspecified atom stereocenters. The molecule has 1 N–H and O–H groups in total. The Balaban J connectivity index is 1.39. The lowest BCUT2D eigenvalue weighted by Crippen LogP contribution is -2.30. The summed E-state index contributed by atoms with van der Waals surface area (Å²) < 4.78 is 9.83. The first-order valence-corrected chi connectivity index (χ1v) is 11.7. The molecule has 0 radical (unpaired) electrons. The Hall–Kier alpha value is -3.43. The minimum Gasteiger partial charge on any atom is -0.376 e. The van der Waals surface area contributed by atoms with E-state index in [-0.39, 0.29) is 12.1 Å². The number of nitrogens with zero attached hydrogens (tertiary/aromatic N) is 7. The SMILES string of the molecule is C=Cc1cncc(C(NCCc2nc3cc(C)ccc3n2C)c2nnnn2CC2CCCO2)c1. The summed E-state index contributed by atoms with van der Waals surface area (Å²) in [7, 11) is 2.07. The number of pyridine rings is 1. The van der Waals surface area contributed by atoms with Crippen LogP contribution < -0.4 is 5.32 Å². The van der Waals surface area contributed by atoms with E-state index >= 15 is 0 Å². The van der Waals surface area contributed by atoms with Crippen LogP contribution in [0.3, 0.4) is 0 Å². The number of hydrogen-bond donors (Lipinski definition) is 1. The Bertz CT molecular complexity index is 1290. The van der Waals surface area contributed by atoms with Crippen molar-refractivity contribution in [3.63, 3.8) is 0 Å². The summed E-state index contributed by atoms with van der Waals surface area (Å²) in [5.41, 5.74) is 5.32. The molecule has 1 fully saturated rings. The molecule has 0 saturated carbocycles. The van der Waals surface area contributed by atoms with Gasteiger partial charge < -0.3 is 14.6 Å². The molecule has 1 aromatic carbocycles. The molecule has 0 bridgehead atoms. The van der Waals surface area contributed by atoms with E-state index < -0.39 is 0 Å². The third-order valence-corrected chi connectivity index (χ3v) is 6.39. The van der Waals surface area contributed by atoms with Gasteiger partial charge in [-0.3, -0.25) is 4.98 Å². The van der Waals surface area contributed by atoms with Crippen LogP contribution in [0, 0.1) is 6.92 Å². The second kappa shape index (κ2) is 9.82. The maximum Gasteiger partial charge on any atom is 0.172 e. The first-order valence-electron chi connectivity index (χ1n) is 11.7. The Morgan fingerprint density at radius 1 is 1.29 bits per heavy atom. The maximum absolute atomic E-state index is 5.82. The summed E-state index contributed by atoms with van der Waals surface area (Å²) in [4.78, 5) is 9.26. The Morgan fingerprint density at radius 2 is 2.21 bits per heavy atom. The summed E-state index contributed by atoms with van der Waals surface area (Å²) in [5.74, 6) is 1.78. The molecule has 0 amide bonds. The van der Waals surface area contributed by atoms with Gasteiger partial charge in [-0.25, -0.2) is 9.67 Å². The van der Waals surface area contributed by atoms with Crippen LogP contribution in [-0.4, -0.2) is 54.0 Å². The number of hydrogen-bond acceptors (Lipinski definition) is 7. The zero-order valence-corrected chi connectivity index (χ0v) is 19.7. The Morgan fingerprint density at radius 3 is 3.03 bits per heavy atom. The van der Waals surface area contributed by atoms with Gasteiger partial charge in [0.15, 0.2) is 5.82 Å². The number of ether oxygens (including phenoxy) is 1. The average Bonchev–Trinajstić information content (AvgIpc) is 3.59. The molecular formula is C25H30N8O. The normalized spacial score (nSPS) is 16.8. The molecule has 1 saturated heterocycles. The summed E-state index contributed by atoms with van der Waals surface area (Å²) in [6.45, 7) is 8.11. The Labute approximate surface area is 198 Å². The van der Waals surface area contributed by atoms with Crippen molar-refractivity contribution in [1.29, 1.82) is 0 Å². The van der Waals surface area contributed by atoms with Crippen LogP contribution in [0.5, 0.6) is 0 Å². The maximum atomic E-state index is 5.82. The van der Waals surface area contributed by atoms with Crippen LogP contribution in [-0.2, 0) is 24.8 Å². The van der Waals surface area contributed by atoms with Gasteiger partial charge in [0.1, 0.15) is 5.82 Å². The van der Waals surface area contributed by atoms with Gasteiger partial charge in [0.05, 0.1) is 29.7 Å². The fourth-order valence-corrected chi connectivity index (χ4v) is 4.55. The number of imidazole rings is 1. The largest absolute Gasteiger partial charge is 0.376 e. The van der Waals surface area contributed by atoms with Crippen molar-refractivity contribution >= 4 is 17.1 Å². The Kier molecular flexibility index (Phi) is 6.46. The molecule has 0 spiro atoms. The first-order chi connectivity index (χ1) is 16.6. The van der Waals surface area contributed by atoms with Gasteiger partial charge in [-0.05, 0) is 65.1 Å². The minimum absolute atomic E-state index is 0.143. The van der Waals surface area contributed by atoms with E-state index in [2.05, 4.69) is 75.2 Å². The smallest absolute Gasteiger partial charge is 0.172 e. The van der Waals surface area contributed by atoms with Crippen molar-refractivity contribution in [1.82, 2.24) is 40.1 Å². The van der Waals surface area contributed by atoms with Crippen LogP contribution in [0.1, 0.15) is 47.2 Å². The molecule has 1 aliphatic heterocycles. The molecule has 5 rings (SSSR count). The monoisotopic (exact) mass is 458 g/mol. The number of rotatable bonds is 9. The predicted octanol–water partition coefficient (Wildman–Crippen LogP) is 3.01. The average molecular weight is 459 g/mol. The van der Waals surface area contributed by atoms with E-state index in [0.717, 1.165) is 59.7 Å². The molecule has 9 nitrogen and oxygen atoms in total. The van der Waals surface area contributed by atoms with Crippen molar-refractivity contribution in [3.8, 4) is 0 Å². The zero-order valence-electron chi connectivity index (χ0n) is 19.7. The van der Waals surface area contributed by atoms with Gasteiger partial charge in [0, 0.05) is 39.0 Å². The highest BCUT2D eigenvalue weighted by atomic mass is 16.5. The highest BCUT2D eigenvalue weighted by Crippen LogP contribution is 2.23. The highest BCUT2D eigenvalue weighted by molar-refractivity contribution is 5.76. The van der Waals surface area contributed by atoms with Crippen molar-refractivity contribution in [2.45, 2.75) is 44.9 Å². The van der Waals surface area contributed by atoms with E-state index in [9.17, 15) is 0 Å². The van der Waals surface area contributed by atoms with Crippen LogP contribution in [0.15, 0.2) is 43.2 Å². The van der Waals surface area contributed by atoms with E-state index in [1.807, 2.05) is 10.9 Å². The fraction of sp³-hybridized carbons (Fsp3) is 0.400. The van der Waals surface area contributed by atoms with Crippen molar-refractivity contribution in [2.24, 2.45) is 7.05 Å². The second-order valence-corrected chi connectivity index (χ2v) is 8.83. The lowest BCUT2D eigenvalue weighted by atomic mass is 10.1. The fourth-order valence-electron chi connectivity index (χ4n) is 4.55. The molecule has 9 heteroatoms. The second-order valence-electron chi connectivity index (χ2n) is 8.83.